The molecule has 0 aromatic carbocycles. The first-order valence-electron chi connectivity index (χ1n) is 1.93. The SMILES string of the molecule is OC(=[OH+])c1cc[s+]s1. The monoisotopic (exact) mass is 148 g/mol. The molecule has 2 nitrogen and oxygen atoms in total. The number of aromatic carboxylic acids is 1. The zero-order chi connectivity index (χ0) is 5.98. The van der Waals surface area contributed by atoms with Gasteiger partial charge in [-0.1, -0.05) is 0 Å². The predicted octanol–water partition coefficient (Wildman–Crippen LogP) is 1.50. The molecule has 1 aromatic heterocycles. The van der Waals surface area contributed by atoms with Crippen molar-refractivity contribution in [2.75, 3.05) is 0 Å². The third kappa shape index (κ3) is 1.02. The fraction of sp³-hybridized carbons (Fsp3) is 0. The van der Waals surface area contributed by atoms with Crippen LogP contribution in [0.2, 0.25) is 0 Å². The number of aliphatic hydroxyl groups excluding tert-OH is 1. The predicted molar refractivity (Wildman–Crippen MR) is 35.3 cm³/mol. The van der Waals surface area contributed by atoms with Gasteiger partial charge in [-0.3, -0.25) is 0 Å². The van der Waals surface area contributed by atoms with Crippen molar-refractivity contribution in [3.63, 3.8) is 0 Å². The molecule has 42 valence electrons. The van der Waals surface area contributed by atoms with Crippen molar-refractivity contribution in [1.82, 2.24) is 0 Å². The van der Waals surface area contributed by atoms with E-state index >= 15 is 0 Å². The Labute approximate surface area is 53.4 Å². The van der Waals surface area contributed by atoms with E-state index in [9.17, 15) is 0 Å². The quantitative estimate of drug-likeness (QED) is 0.476. The normalized spacial score (nSPS) is 9.00. The Balaban J connectivity index is 2.93. The van der Waals surface area contributed by atoms with E-state index in [1.165, 1.54) is 20.7 Å². The molecule has 0 aliphatic rings. The summed E-state index contributed by atoms with van der Waals surface area (Å²) in [7, 11) is 2.80. The second kappa shape index (κ2) is 2.19. The van der Waals surface area contributed by atoms with Crippen molar-refractivity contribution >= 4 is 26.7 Å². The maximum absolute atomic E-state index is 8.40. The summed E-state index contributed by atoms with van der Waals surface area (Å²) < 4.78 is 0. The molecule has 0 radical (unpaired) electrons. The summed E-state index contributed by atoms with van der Waals surface area (Å²) in [6, 6.07) is 1.66. The highest BCUT2D eigenvalue weighted by Crippen LogP contribution is 2.13. The lowest BCUT2D eigenvalue weighted by Crippen LogP contribution is -1.91. The van der Waals surface area contributed by atoms with Crippen molar-refractivity contribution in [3.05, 3.63) is 16.3 Å². The zero-order valence-electron chi connectivity index (χ0n) is 3.87. The molecular formula is C4H4O2S2+2. The van der Waals surface area contributed by atoms with Crippen LogP contribution in [0.4, 0.5) is 0 Å². The van der Waals surface area contributed by atoms with Gasteiger partial charge in [0.1, 0.15) is 0 Å². The summed E-state index contributed by atoms with van der Waals surface area (Å²) in [4.78, 5) is 8.93. The molecule has 0 saturated carbocycles. The highest BCUT2D eigenvalue weighted by molar-refractivity contribution is 7.69. The highest BCUT2D eigenvalue weighted by Gasteiger charge is 2.16. The van der Waals surface area contributed by atoms with Gasteiger partial charge in [0, 0.05) is 6.07 Å². The van der Waals surface area contributed by atoms with Crippen molar-refractivity contribution in [3.8, 4) is 0 Å². The van der Waals surface area contributed by atoms with Crippen LogP contribution in [0.1, 0.15) is 4.88 Å². The summed E-state index contributed by atoms with van der Waals surface area (Å²) in [5, 5.41) is 10.2. The lowest BCUT2D eigenvalue weighted by Gasteiger charge is -1.64. The standard InChI is InChI=1S/C4H2O2S2/c5-4(6)3-1-2-7-8-3/h1-2H/p+2. The second-order valence-electron chi connectivity index (χ2n) is 1.17. The number of carboxylic acid groups (broad SMARTS) is 1. The Bertz CT molecular complexity index is 180. The topological polar surface area (TPSA) is 41.6 Å². The van der Waals surface area contributed by atoms with Crippen molar-refractivity contribution in [1.29, 1.82) is 0 Å². The third-order valence-electron chi connectivity index (χ3n) is 0.633. The number of carboxylic acids is 1. The first-order chi connectivity index (χ1) is 3.80. The molecule has 2 N–H and O–H groups in total. The van der Waals surface area contributed by atoms with Gasteiger partial charge in [0.2, 0.25) is 10.3 Å². The van der Waals surface area contributed by atoms with Gasteiger partial charge in [-0.15, -0.1) is 0 Å². The molecule has 0 bridgehead atoms. The summed E-state index contributed by atoms with van der Waals surface area (Å²) in [6.45, 7) is 0. The van der Waals surface area contributed by atoms with E-state index < -0.39 is 5.97 Å². The summed E-state index contributed by atoms with van der Waals surface area (Å²) in [5.74, 6) is -0.587. The minimum atomic E-state index is -0.587. The molecule has 0 aliphatic heterocycles. The van der Waals surface area contributed by atoms with Crippen LogP contribution in [0.25, 0.3) is 0 Å². The van der Waals surface area contributed by atoms with Crippen LogP contribution in [0.5, 0.6) is 0 Å². The molecular weight excluding hydrogens is 144 g/mol. The Morgan fingerprint density at radius 3 is 2.88 bits per heavy atom. The number of rotatable bonds is 1. The summed E-state index contributed by atoms with van der Waals surface area (Å²) >= 11 is 0. The van der Waals surface area contributed by atoms with E-state index in [-0.39, 0.29) is 0 Å². The largest absolute Gasteiger partial charge is 0.531 e. The Hall–Kier alpha value is -0.480. The zero-order valence-corrected chi connectivity index (χ0v) is 5.50. The third-order valence-corrected chi connectivity index (χ3v) is 2.64. The molecule has 0 aliphatic carbocycles. The van der Waals surface area contributed by atoms with Crippen LogP contribution < -0.4 is 0 Å². The van der Waals surface area contributed by atoms with Crippen LogP contribution in [0.3, 0.4) is 0 Å². The minimum absolute atomic E-state index is 0.523. The van der Waals surface area contributed by atoms with Crippen molar-refractivity contribution in [2.24, 2.45) is 0 Å². The van der Waals surface area contributed by atoms with E-state index in [2.05, 4.69) is 0 Å². The van der Waals surface area contributed by atoms with Gasteiger partial charge in [-0.25, -0.2) is 0 Å². The average molecular weight is 148 g/mol. The van der Waals surface area contributed by atoms with Crippen LogP contribution in [0, 0.1) is 0 Å². The van der Waals surface area contributed by atoms with E-state index in [4.69, 9.17) is 9.90 Å². The van der Waals surface area contributed by atoms with Gasteiger partial charge in [0.25, 0.3) is 10.3 Å². The van der Waals surface area contributed by atoms with Crippen molar-refractivity contribution < 1.29 is 9.90 Å². The lowest BCUT2D eigenvalue weighted by atomic mass is 10.5. The van der Waals surface area contributed by atoms with Crippen LogP contribution in [-0.4, -0.2) is 15.9 Å². The van der Waals surface area contributed by atoms with Gasteiger partial charge < -0.3 is 9.90 Å². The van der Waals surface area contributed by atoms with Gasteiger partial charge >= 0.3 is 5.97 Å². The molecule has 0 atom stereocenters. The average Bonchev–Trinajstić information content (AvgIpc) is 2.12. The second-order valence-corrected chi connectivity index (χ2v) is 3.32. The maximum Gasteiger partial charge on any atom is 0.531 e. The first-order valence-corrected chi connectivity index (χ1v) is 4.14. The van der Waals surface area contributed by atoms with Gasteiger partial charge in [0.15, 0.2) is 10.3 Å². The smallest absolute Gasteiger partial charge is 0.334 e. The van der Waals surface area contributed by atoms with Crippen LogP contribution >= 0.6 is 20.7 Å². The fourth-order valence-electron chi connectivity index (χ4n) is 0.309. The molecule has 0 spiro atoms. The molecule has 8 heavy (non-hydrogen) atoms. The Kier molecular flexibility index (Phi) is 1.55. The summed E-state index contributed by atoms with van der Waals surface area (Å²) in [6.07, 6.45) is 0. The molecule has 1 heterocycles. The van der Waals surface area contributed by atoms with Gasteiger partial charge in [-0.05, 0) is 0 Å². The lowest BCUT2D eigenvalue weighted by molar-refractivity contribution is 0.465. The van der Waals surface area contributed by atoms with Gasteiger partial charge in [0.05, 0.1) is 0 Å². The number of hydrogen-bond donors (Lipinski definition) is 1. The molecule has 0 fully saturated rings. The molecule has 0 amide bonds. The highest BCUT2D eigenvalue weighted by atomic mass is 32.9. The molecule has 0 unspecified atom stereocenters. The van der Waals surface area contributed by atoms with E-state index in [0.29, 0.717) is 4.88 Å². The van der Waals surface area contributed by atoms with E-state index in [1.807, 2.05) is 0 Å². The first kappa shape index (κ1) is 5.65. The Morgan fingerprint density at radius 2 is 2.62 bits per heavy atom. The van der Waals surface area contributed by atoms with Gasteiger partial charge in [-0.2, -0.15) is 0 Å². The Morgan fingerprint density at radius 1 is 1.88 bits per heavy atom. The molecule has 1 rings (SSSR count). The maximum atomic E-state index is 8.40. The molecule has 4 heteroatoms. The fourth-order valence-corrected chi connectivity index (χ4v) is 1.98. The van der Waals surface area contributed by atoms with Crippen LogP contribution in [0.15, 0.2) is 11.4 Å². The van der Waals surface area contributed by atoms with E-state index in [0.717, 1.165) is 0 Å². The van der Waals surface area contributed by atoms with Crippen LogP contribution in [-0.2, 0) is 0 Å². The summed E-state index contributed by atoms with van der Waals surface area (Å²) in [5.41, 5.74) is 0. The molecule has 0 saturated heterocycles. The minimum Gasteiger partial charge on any atom is -0.334 e. The van der Waals surface area contributed by atoms with Crippen molar-refractivity contribution in [2.45, 2.75) is 0 Å². The van der Waals surface area contributed by atoms with E-state index in [1.54, 1.807) is 11.4 Å². The number of hydrogen-bond acceptors (Lipinski definition) is 1. The molecule has 1 aromatic rings.